The predicted octanol–water partition coefficient (Wildman–Crippen LogP) is 4.23. The molecule has 1 atom stereocenters. The van der Waals surface area contributed by atoms with E-state index in [1.165, 1.54) is 38.6 Å². The van der Waals surface area contributed by atoms with Crippen molar-refractivity contribution in [3.8, 4) is 0 Å². The highest BCUT2D eigenvalue weighted by Crippen LogP contribution is 2.34. The highest BCUT2D eigenvalue weighted by Gasteiger charge is 2.23. The summed E-state index contributed by atoms with van der Waals surface area (Å²) in [5.41, 5.74) is 0.279. The zero-order valence-electron chi connectivity index (χ0n) is 12.0. The molecular weight excluding hydrogens is 194 g/mol. The molecule has 0 aliphatic heterocycles. The highest BCUT2D eigenvalue weighted by molar-refractivity contribution is 4.76. The molecule has 1 rings (SSSR count). The lowest BCUT2D eigenvalue weighted by Crippen LogP contribution is -2.37. The average Bonchev–Trinajstić information content (AvgIpc) is 2.16. The molecule has 1 nitrogen and oxygen atoms in total. The van der Waals surface area contributed by atoms with Crippen molar-refractivity contribution in [2.24, 2.45) is 17.8 Å². The lowest BCUT2D eigenvalue weighted by Gasteiger charge is -2.31. The van der Waals surface area contributed by atoms with Gasteiger partial charge in [0.25, 0.3) is 0 Å². The Labute approximate surface area is 102 Å². The molecule has 1 heteroatoms. The molecule has 1 N–H and O–H groups in total. The fourth-order valence-corrected chi connectivity index (χ4v) is 2.77. The highest BCUT2D eigenvalue weighted by atomic mass is 14.9. The lowest BCUT2D eigenvalue weighted by atomic mass is 9.76. The van der Waals surface area contributed by atoms with Gasteiger partial charge in [-0.1, -0.05) is 26.7 Å². The van der Waals surface area contributed by atoms with Crippen LogP contribution in [0.5, 0.6) is 0 Å². The molecule has 0 amide bonds. The van der Waals surface area contributed by atoms with E-state index in [1.54, 1.807) is 0 Å². The minimum Gasteiger partial charge on any atom is -0.312 e. The summed E-state index contributed by atoms with van der Waals surface area (Å²) in [5, 5.41) is 3.60. The van der Waals surface area contributed by atoms with Gasteiger partial charge < -0.3 is 5.32 Å². The van der Waals surface area contributed by atoms with Crippen molar-refractivity contribution in [1.29, 1.82) is 0 Å². The molecule has 0 aromatic rings. The summed E-state index contributed by atoms with van der Waals surface area (Å²) < 4.78 is 0. The second-order valence-electron chi connectivity index (χ2n) is 6.96. The molecule has 1 unspecified atom stereocenters. The summed E-state index contributed by atoms with van der Waals surface area (Å²) >= 11 is 0. The average molecular weight is 225 g/mol. The van der Waals surface area contributed by atoms with E-state index in [0.29, 0.717) is 0 Å². The number of hydrogen-bond acceptors (Lipinski definition) is 1. The third-order valence-corrected chi connectivity index (χ3v) is 4.12. The molecule has 1 aliphatic carbocycles. The van der Waals surface area contributed by atoms with Crippen molar-refractivity contribution in [2.45, 2.75) is 72.3 Å². The largest absolute Gasteiger partial charge is 0.312 e. The number of nitrogens with one attached hydrogen (secondary N) is 1. The van der Waals surface area contributed by atoms with Crippen LogP contribution in [0, 0.1) is 17.8 Å². The molecule has 0 aromatic heterocycles. The monoisotopic (exact) mass is 225 g/mol. The van der Waals surface area contributed by atoms with Crippen molar-refractivity contribution in [1.82, 2.24) is 5.32 Å². The van der Waals surface area contributed by atoms with Crippen LogP contribution in [0.25, 0.3) is 0 Å². The van der Waals surface area contributed by atoms with Crippen molar-refractivity contribution in [3.05, 3.63) is 0 Å². The fourth-order valence-electron chi connectivity index (χ4n) is 2.77. The second kappa shape index (κ2) is 6.05. The van der Waals surface area contributed by atoms with Crippen LogP contribution in [0.4, 0.5) is 0 Å². The zero-order chi connectivity index (χ0) is 12.2. The Balaban J connectivity index is 2.17. The summed E-state index contributed by atoms with van der Waals surface area (Å²) in [6.45, 7) is 12.8. The molecule has 1 fully saturated rings. The van der Waals surface area contributed by atoms with Crippen molar-refractivity contribution in [2.75, 3.05) is 6.54 Å². The third-order valence-electron chi connectivity index (χ3n) is 4.12. The van der Waals surface area contributed by atoms with Gasteiger partial charge >= 0.3 is 0 Å². The molecule has 0 saturated heterocycles. The van der Waals surface area contributed by atoms with E-state index in [2.05, 4.69) is 39.9 Å². The van der Waals surface area contributed by atoms with E-state index < -0.39 is 0 Å². The molecule has 0 aromatic carbocycles. The maximum atomic E-state index is 3.60. The van der Waals surface area contributed by atoms with Gasteiger partial charge in [-0.15, -0.1) is 0 Å². The van der Waals surface area contributed by atoms with Crippen molar-refractivity contribution < 1.29 is 0 Å². The molecule has 0 bridgehead atoms. The van der Waals surface area contributed by atoms with E-state index in [4.69, 9.17) is 0 Å². The Morgan fingerprint density at radius 2 is 1.69 bits per heavy atom. The molecule has 1 aliphatic rings. The standard InChI is InChI=1S/C15H31N/c1-12-6-8-14(9-7-12)13(2)10-11-16-15(3,4)5/h12-14,16H,6-11H2,1-5H3. The van der Waals surface area contributed by atoms with Crippen LogP contribution >= 0.6 is 0 Å². The summed E-state index contributed by atoms with van der Waals surface area (Å²) in [7, 11) is 0. The Hall–Kier alpha value is -0.0400. The summed E-state index contributed by atoms with van der Waals surface area (Å²) in [6.07, 6.45) is 7.20. The van der Waals surface area contributed by atoms with Gasteiger partial charge in [0.05, 0.1) is 0 Å². The van der Waals surface area contributed by atoms with E-state index >= 15 is 0 Å². The number of hydrogen-bond donors (Lipinski definition) is 1. The van der Waals surface area contributed by atoms with Gasteiger partial charge in [0, 0.05) is 5.54 Å². The van der Waals surface area contributed by atoms with Gasteiger partial charge in [0.2, 0.25) is 0 Å². The molecular formula is C15H31N. The quantitative estimate of drug-likeness (QED) is 0.755. The lowest BCUT2D eigenvalue weighted by molar-refractivity contribution is 0.211. The fraction of sp³-hybridized carbons (Fsp3) is 1.00. The molecule has 0 radical (unpaired) electrons. The Bertz CT molecular complexity index is 184. The van der Waals surface area contributed by atoms with Crippen LogP contribution in [-0.2, 0) is 0 Å². The maximum absolute atomic E-state index is 3.60. The van der Waals surface area contributed by atoms with Crippen LogP contribution in [-0.4, -0.2) is 12.1 Å². The Kier molecular flexibility index (Phi) is 5.30. The first-order chi connectivity index (χ1) is 7.38. The van der Waals surface area contributed by atoms with E-state index in [9.17, 15) is 0 Å². The predicted molar refractivity (Wildman–Crippen MR) is 72.7 cm³/mol. The molecule has 1 saturated carbocycles. The second-order valence-corrected chi connectivity index (χ2v) is 6.96. The Morgan fingerprint density at radius 3 is 2.19 bits per heavy atom. The normalized spacial score (nSPS) is 29.1. The Morgan fingerprint density at radius 1 is 1.12 bits per heavy atom. The first-order valence-corrected chi connectivity index (χ1v) is 7.13. The third kappa shape index (κ3) is 5.34. The molecule has 96 valence electrons. The van der Waals surface area contributed by atoms with Gasteiger partial charge in [-0.3, -0.25) is 0 Å². The van der Waals surface area contributed by atoms with Gasteiger partial charge in [-0.05, 0) is 64.3 Å². The molecule has 0 heterocycles. The first kappa shape index (κ1) is 14.0. The van der Waals surface area contributed by atoms with Crippen molar-refractivity contribution in [3.63, 3.8) is 0 Å². The van der Waals surface area contributed by atoms with Crippen LogP contribution < -0.4 is 5.32 Å². The van der Waals surface area contributed by atoms with Crippen LogP contribution in [0.1, 0.15) is 66.7 Å². The van der Waals surface area contributed by atoms with Crippen LogP contribution in [0.15, 0.2) is 0 Å². The van der Waals surface area contributed by atoms with E-state index in [1.807, 2.05) is 0 Å². The van der Waals surface area contributed by atoms with Crippen LogP contribution in [0.3, 0.4) is 0 Å². The number of rotatable bonds is 4. The van der Waals surface area contributed by atoms with Gasteiger partial charge in [0.15, 0.2) is 0 Å². The summed E-state index contributed by atoms with van der Waals surface area (Å²) in [6, 6.07) is 0. The van der Waals surface area contributed by atoms with Gasteiger partial charge in [-0.25, -0.2) is 0 Å². The zero-order valence-corrected chi connectivity index (χ0v) is 12.0. The smallest absolute Gasteiger partial charge is 0.00965 e. The summed E-state index contributed by atoms with van der Waals surface area (Å²) in [5.74, 6) is 2.89. The first-order valence-electron chi connectivity index (χ1n) is 7.13. The molecule has 16 heavy (non-hydrogen) atoms. The maximum Gasteiger partial charge on any atom is 0.00965 e. The van der Waals surface area contributed by atoms with Gasteiger partial charge in [-0.2, -0.15) is 0 Å². The summed E-state index contributed by atoms with van der Waals surface area (Å²) in [4.78, 5) is 0. The minimum atomic E-state index is 0.279. The van der Waals surface area contributed by atoms with E-state index in [-0.39, 0.29) is 5.54 Å². The minimum absolute atomic E-state index is 0.279. The van der Waals surface area contributed by atoms with E-state index in [0.717, 1.165) is 17.8 Å². The topological polar surface area (TPSA) is 12.0 Å². The SMILES string of the molecule is CC1CCC(C(C)CCNC(C)(C)C)CC1. The molecule has 0 spiro atoms. The van der Waals surface area contributed by atoms with Gasteiger partial charge in [0.1, 0.15) is 0 Å². The van der Waals surface area contributed by atoms with Crippen LogP contribution in [0.2, 0.25) is 0 Å². The van der Waals surface area contributed by atoms with Crippen molar-refractivity contribution >= 4 is 0 Å².